The van der Waals surface area contributed by atoms with Crippen molar-refractivity contribution in [3.05, 3.63) is 58.9 Å². The van der Waals surface area contributed by atoms with Gasteiger partial charge in [0.25, 0.3) is 0 Å². The van der Waals surface area contributed by atoms with Gasteiger partial charge in [-0.05, 0) is 23.8 Å². The zero-order chi connectivity index (χ0) is 29.8. The van der Waals surface area contributed by atoms with Crippen LogP contribution in [-0.4, -0.2) is 78.3 Å². The van der Waals surface area contributed by atoms with Crippen LogP contribution in [0.15, 0.2) is 42.7 Å². The number of aliphatic hydroxyl groups excluding tert-OH is 1. The zero-order valence-electron chi connectivity index (χ0n) is 22.2. The molecule has 0 radical (unpaired) electrons. The number of carboxylic acid groups (broad SMARTS) is 2. The van der Waals surface area contributed by atoms with Crippen molar-refractivity contribution in [3.63, 3.8) is 0 Å². The molecule has 3 aromatic rings. The monoisotopic (exact) mass is 576 g/mol. The highest BCUT2D eigenvalue weighted by Crippen LogP contribution is 2.39. The predicted molar refractivity (Wildman–Crippen MR) is 147 cm³/mol. The predicted octanol–water partition coefficient (Wildman–Crippen LogP) is 3.36. The van der Waals surface area contributed by atoms with Crippen LogP contribution in [0.1, 0.15) is 11.1 Å². The third-order valence-corrected chi connectivity index (χ3v) is 5.67. The van der Waals surface area contributed by atoms with E-state index in [2.05, 4.69) is 15.3 Å². The summed E-state index contributed by atoms with van der Waals surface area (Å²) in [6, 6.07) is 7.27. The summed E-state index contributed by atoms with van der Waals surface area (Å²) < 4.78 is 15.6. The van der Waals surface area contributed by atoms with Crippen LogP contribution < -0.4 is 19.7 Å². The molecule has 0 unspecified atom stereocenters. The standard InChI is InChI=1S/C22H25ClN4O5.C4H4O4/c1-27(22(29)32-4)17-10-15-19(14(7-8-28)20(17)31-3)25-12-26-21(15)24-11-13-5-6-18(30-2)16(23)9-13;5-3(6)1-2-4(7)8/h5-6,9-10,12,28H,7-8,11H2,1-4H3,(H,24,25,26);1-2H,(H,5,6)(H,7,8)/b;2-1+. The number of nitrogens with zero attached hydrogens (tertiary/aromatic N) is 3. The Balaban J connectivity index is 0.000000611. The second kappa shape index (κ2) is 15.1. The molecule has 4 N–H and O–H groups in total. The molecule has 0 saturated heterocycles. The van der Waals surface area contributed by atoms with Crippen molar-refractivity contribution < 1.29 is 43.9 Å². The molecule has 214 valence electrons. The molecule has 1 amide bonds. The Morgan fingerprint density at radius 3 is 2.25 bits per heavy atom. The maximum absolute atomic E-state index is 12.2. The molecule has 1 aromatic heterocycles. The lowest BCUT2D eigenvalue weighted by molar-refractivity contribution is -0.134. The summed E-state index contributed by atoms with van der Waals surface area (Å²) in [4.78, 5) is 41.4. The fourth-order valence-electron chi connectivity index (χ4n) is 3.58. The highest BCUT2D eigenvalue weighted by atomic mass is 35.5. The summed E-state index contributed by atoms with van der Waals surface area (Å²) in [6.45, 7) is 0.327. The van der Waals surface area contributed by atoms with Crippen molar-refractivity contribution in [2.24, 2.45) is 0 Å². The van der Waals surface area contributed by atoms with Gasteiger partial charge in [-0.2, -0.15) is 0 Å². The second-order valence-electron chi connectivity index (χ2n) is 7.86. The summed E-state index contributed by atoms with van der Waals surface area (Å²) >= 11 is 6.23. The topological polar surface area (TPSA) is 181 Å². The minimum Gasteiger partial charge on any atom is -0.495 e. The number of aliphatic hydroxyl groups is 1. The number of ether oxygens (including phenoxy) is 3. The maximum Gasteiger partial charge on any atom is 0.413 e. The first-order valence-electron chi connectivity index (χ1n) is 11.5. The molecule has 0 aliphatic heterocycles. The summed E-state index contributed by atoms with van der Waals surface area (Å²) in [5.41, 5.74) is 2.68. The lowest BCUT2D eigenvalue weighted by atomic mass is 10.0. The van der Waals surface area contributed by atoms with Gasteiger partial charge < -0.3 is 34.8 Å². The van der Waals surface area contributed by atoms with Gasteiger partial charge in [-0.25, -0.2) is 24.4 Å². The molecule has 0 aliphatic rings. The highest BCUT2D eigenvalue weighted by Gasteiger charge is 2.23. The van der Waals surface area contributed by atoms with E-state index in [-0.39, 0.29) is 13.0 Å². The minimum absolute atomic E-state index is 0.117. The summed E-state index contributed by atoms with van der Waals surface area (Å²) in [6.07, 6.45) is 2.28. The molecular weight excluding hydrogens is 548 g/mol. The number of anilines is 2. The molecule has 3 rings (SSSR count). The third-order valence-electron chi connectivity index (χ3n) is 5.38. The van der Waals surface area contributed by atoms with E-state index >= 15 is 0 Å². The lowest BCUT2D eigenvalue weighted by Gasteiger charge is -2.22. The van der Waals surface area contributed by atoms with Gasteiger partial charge in [-0.15, -0.1) is 0 Å². The van der Waals surface area contributed by atoms with Gasteiger partial charge in [0.1, 0.15) is 23.6 Å². The number of carbonyl (C=O) groups is 3. The largest absolute Gasteiger partial charge is 0.495 e. The van der Waals surface area contributed by atoms with Gasteiger partial charge in [0.2, 0.25) is 0 Å². The minimum atomic E-state index is -1.26. The number of methoxy groups -OCH3 is 3. The number of aromatic nitrogens is 2. The molecule has 1 heterocycles. The van der Waals surface area contributed by atoms with Crippen molar-refractivity contribution in [1.29, 1.82) is 0 Å². The first-order valence-corrected chi connectivity index (χ1v) is 11.9. The third kappa shape index (κ3) is 8.19. The smallest absolute Gasteiger partial charge is 0.413 e. The Kier molecular flexibility index (Phi) is 11.9. The van der Waals surface area contributed by atoms with Gasteiger partial charge in [-0.1, -0.05) is 17.7 Å². The Hall–Kier alpha value is -4.62. The Labute approximate surface area is 234 Å². The van der Waals surface area contributed by atoms with Crippen molar-refractivity contribution in [1.82, 2.24) is 9.97 Å². The van der Waals surface area contributed by atoms with Crippen LogP contribution in [0.25, 0.3) is 10.9 Å². The number of carbonyl (C=O) groups excluding carboxylic acids is 1. The molecule has 0 aliphatic carbocycles. The van der Waals surface area contributed by atoms with E-state index < -0.39 is 18.0 Å². The number of aliphatic carboxylic acids is 2. The number of carboxylic acids is 2. The van der Waals surface area contributed by atoms with Gasteiger partial charge in [0.05, 0.1) is 37.6 Å². The Morgan fingerprint density at radius 2 is 1.73 bits per heavy atom. The number of hydrogen-bond acceptors (Lipinski definition) is 10. The van der Waals surface area contributed by atoms with Gasteiger partial charge >= 0.3 is 18.0 Å². The van der Waals surface area contributed by atoms with Crippen molar-refractivity contribution >= 4 is 52.0 Å². The summed E-state index contributed by atoms with van der Waals surface area (Å²) in [5, 5.41) is 29.7. The van der Waals surface area contributed by atoms with Crippen LogP contribution in [0.3, 0.4) is 0 Å². The number of nitrogens with one attached hydrogen (secondary N) is 1. The van der Waals surface area contributed by atoms with Crippen LogP contribution in [0.2, 0.25) is 5.02 Å². The molecule has 0 saturated carbocycles. The molecule has 0 bridgehead atoms. The van der Waals surface area contributed by atoms with Gasteiger partial charge in [0, 0.05) is 49.7 Å². The van der Waals surface area contributed by atoms with Gasteiger partial charge in [0.15, 0.2) is 0 Å². The SMILES string of the molecule is COC(=O)N(C)c1cc2c(NCc3ccc(OC)c(Cl)c3)ncnc2c(CCO)c1OC.O=C(O)/C=C/C(=O)O. The molecule has 0 fully saturated rings. The Morgan fingerprint density at radius 1 is 1.05 bits per heavy atom. The Bertz CT molecular complexity index is 1380. The average molecular weight is 577 g/mol. The van der Waals surface area contributed by atoms with Gasteiger partial charge in [-0.3, -0.25) is 4.90 Å². The quantitative estimate of drug-likeness (QED) is 0.259. The lowest BCUT2D eigenvalue weighted by Crippen LogP contribution is -2.26. The molecular formula is C26H29ClN4O9. The van der Waals surface area contributed by atoms with E-state index in [4.69, 9.17) is 36.0 Å². The summed E-state index contributed by atoms with van der Waals surface area (Å²) in [7, 11) is 5.95. The molecule has 0 spiro atoms. The van der Waals surface area contributed by atoms with E-state index in [9.17, 15) is 19.5 Å². The van der Waals surface area contributed by atoms with E-state index in [0.717, 1.165) is 5.56 Å². The normalized spacial score (nSPS) is 10.4. The fraction of sp³-hybridized carbons (Fsp3) is 0.269. The van der Waals surface area contributed by atoms with Crippen LogP contribution >= 0.6 is 11.6 Å². The number of benzene rings is 2. The van der Waals surface area contributed by atoms with E-state index in [1.807, 2.05) is 12.1 Å². The highest BCUT2D eigenvalue weighted by molar-refractivity contribution is 6.32. The van der Waals surface area contributed by atoms with Crippen molar-refractivity contribution in [3.8, 4) is 11.5 Å². The van der Waals surface area contributed by atoms with Crippen LogP contribution in [0.5, 0.6) is 11.5 Å². The number of hydrogen-bond donors (Lipinski definition) is 4. The van der Waals surface area contributed by atoms with Crippen molar-refractivity contribution in [2.45, 2.75) is 13.0 Å². The molecule has 0 atom stereocenters. The zero-order valence-corrected chi connectivity index (χ0v) is 22.9. The fourth-order valence-corrected chi connectivity index (χ4v) is 3.86. The van der Waals surface area contributed by atoms with E-state index in [0.29, 0.717) is 63.2 Å². The maximum atomic E-state index is 12.2. The number of rotatable bonds is 10. The van der Waals surface area contributed by atoms with Crippen molar-refractivity contribution in [2.75, 3.05) is 45.2 Å². The number of fused-ring (bicyclic) bond motifs is 1. The second-order valence-corrected chi connectivity index (χ2v) is 8.27. The van der Waals surface area contributed by atoms with E-state index in [1.54, 1.807) is 26.3 Å². The summed E-state index contributed by atoms with van der Waals surface area (Å²) in [5.74, 6) is -0.923. The number of halogens is 1. The first-order chi connectivity index (χ1) is 19.1. The number of amides is 1. The van der Waals surface area contributed by atoms with E-state index in [1.165, 1.54) is 25.4 Å². The van der Waals surface area contributed by atoms with Crippen LogP contribution in [0, 0.1) is 0 Å². The first kappa shape index (κ1) is 31.6. The van der Waals surface area contributed by atoms with Crippen LogP contribution in [-0.2, 0) is 27.3 Å². The van der Waals surface area contributed by atoms with Crippen LogP contribution in [0.4, 0.5) is 16.3 Å². The molecule has 2 aromatic carbocycles. The molecule has 40 heavy (non-hydrogen) atoms. The molecule has 13 nitrogen and oxygen atoms in total. The average Bonchev–Trinajstić information content (AvgIpc) is 2.94. The molecule has 14 heteroatoms.